The molecule has 1 N–H and O–H groups in total. The van der Waals surface area contributed by atoms with Crippen molar-refractivity contribution in [2.24, 2.45) is 0 Å². The molecule has 7 nitrogen and oxygen atoms in total. The first-order valence-electron chi connectivity index (χ1n) is 7.83. The number of nitrogens with one attached hydrogen (secondary N) is 1. The molecule has 0 radical (unpaired) electrons. The van der Waals surface area contributed by atoms with Gasteiger partial charge in [-0.15, -0.1) is 10.2 Å². The number of hydrogen-bond donors (Lipinski definition) is 1. The highest BCUT2D eigenvalue weighted by Gasteiger charge is 2.13. The number of methoxy groups -OCH3 is 2. The first-order valence-corrected chi connectivity index (χ1v) is 9.61. The molecule has 0 aliphatic rings. The van der Waals surface area contributed by atoms with Crippen LogP contribution < -0.4 is 14.8 Å². The van der Waals surface area contributed by atoms with Gasteiger partial charge in [-0.2, -0.15) is 0 Å². The van der Waals surface area contributed by atoms with Crippen molar-refractivity contribution in [3.8, 4) is 23.0 Å². The highest BCUT2D eigenvalue weighted by molar-refractivity contribution is 9.10. The zero-order valence-electron chi connectivity index (χ0n) is 14.6. The number of halogens is 1. The lowest BCUT2D eigenvalue weighted by Crippen LogP contribution is -2.14. The van der Waals surface area contributed by atoms with Crippen molar-refractivity contribution in [1.29, 1.82) is 0 Å². The summed E-state index contributed by atoms with van der Waals surface area (Å²) in [6.07, 6.45) is 0. The van der Waals surface area contributed by atoms with E-state index >= 15 is 0 Å². The van der Waals surface area contributed by atoms with Gasteiger partial charge in [0.15, 0.2) is 0 Å². The fourth-order valence-corrected chi connectivity index (χ4v) is 3.02. The monoisotopic (exact) mass is 449 g/mol. The fraction of sp³-hybridized carbons (Fsp3) is 0.167. The van der Waals surface area contributed by atoms with Crippen molar-refractivity contribution in [3.63, 3.8) is 0 Å². The van der Waals surface area contributed by atoms with Gasteiger partial charge in [0.05, 0.1) is 25.7 Å². The number of rotatable bonds is 7. The van der Waals surface area contributed by atoms with Gasteiger partial charge in [-0.3, -0.25) is 4.79 Å². The Morgan fingerprint density at radius 2 is 1.93 bits per heavy atom. The maximum absolute atomic E-state index is 12.2. The zero-order valence-corrected chi connectivity index (χ0v) is 17.0. The van der Waals surface area contributed by atoms with E-state index in [-0.39, 0.29) is 11.7 Å². The normalized spacial score (nSPS) is 10.5. The largest absolute Gasteiger partial charge is 0.497 e. The number of hydrogen-bond acceptors (Lipinski definition) is 7. The topological polar surface area (TPSA) is 86.5 Å². The van der Waals surface area contributed by atoms with E-state index in [9.17, 15) is 4.79 Å². The molecule has 140 valence electrons. The van der Waals surface area contributed by atoms with Crippen LogP contribution in [-0.2, 0) is 4.79 Å². The highest BCUT2D eigenvalue weighted by Crippen LogP contribution is 2.29. The lowest BCUT2D eigenvalue weighted by atomic mass is 10.2. The Morgan fingerprint density at radius 1 is 1.15 bits per heavy atom. The average molecular weight is 450 g/mol. The Morgan fingerprint density at radius 3 is 2.63 bits per heavy atom. The summed E-state index contributed by atoms with van der Waals surface area (Å²) >= 11 is 4.54. The Hall–Kier alpha value is -2.52. The third-order valence-electron chi connectivity index (χ3n) is 3.51. The Balaban J connectivity index is 1.59. The van der Waals surface area contributed by atoms with E-state index in [1.165, 1.54) is 7.11 Å². The predicted molar refractivity (Wildman–Crippen MR) is 106 cm³/mol. The predicted octanol–water partition coefficient (Wildman–Crippen LogP) is 4.25. The number of thioether (sulfide) groups is 1. The number of carbonyl (C=O) groups excluding carboxylic acids is 1. The van der Waals surface area contributed by atoms with Crippen LogP contribution in [0.25, 0.3) is 11.5 Å². The Labute approximate surface area is 168 Å². The van der Waals surface area contributed by atoms with Gasteiger partial charge in [0.2, 0.25) is 11.8 Å². The second-order valence-electron chi connectivity index (χ2n) is 5.28. The van der Waals surface area contributed by atoms with Crippen LogP contribution in [0.4, 0.5) is 5.69 Å². The molecule has 0 bridgehead atoms. The van der Waals surface area contributed by atoms with Gasteiger partial charge in [-0.05, 0) is 36.4 Å². The van der Waals surface area contributed by atoms with Crippen LogP contribution in [0.2, 0.25) is 0 Å². The third kappa shape index (κ3) is 5.01. The van der Waals surface area contributed by atoms with Gasteiger partial charge in [0, 0.05) is 16.1 Å². The van der Waals surface area contributed by atoms with E-state index in [1.807, 2.05) is 24.3 Å². The lowest BCUT2D eigenvalue weighted by Gasteiger charge is -2.11. The Bertz CT molecular complexity index is 931. The summed E-state index contributed by atoms with van der Waals surface area (Å²) in [4.78, 5) is 12.2. The Kier molecular flexibility index (Phi) is 6.36. The molecule has 0 aliphatic carbocycles. The summed E-state index contributed by atoms with van der Waals surface area (Å²) in [5.74, 6) is 1.47. The van der Waals surface area contributed by atoms with Crippen molar-refractivity contribution in [3.05, 3.63) is 46.9 Å². The quantitative estimate of drug-likeness (QED) is 0.539. The molecule has 0 aliphatic heterocycles. The summed E-state index contributed by atoms with van der Waals surface area (Å²) in [5.41, 5.74) is 1.37. The minimum Gasteiger partial charge on any atom is -0.497 e. The molecular formula is C18H16BrN3O4S. The molecule has 0 fully saturated rings. The standard InChI is InChI=1S/C18H16BrN3O4S/c1-24-13-7-8-14(15(9-13)25-2)20-16(23)10-27-18-22-21-17(26-18)11-3-5-12(19)6-4-11/h3-9H,10H2,1-2H3,(H,20,23). The van der Waals surface area contributed by atoms with Gasteiger partial charge in [-0.1, -0.05) is 27.7 Å². The van der Waals surface area contributed by atoms with Gasteiger partial charge < -0.3 is 19.2 Å². The van der Waals surface area contributed by atoms with Gasteiger partial charge >= 0.3 is 0 Å². The van der Waals surface area contributed by atoms with Crippen LogP contribution in [-0.4, -0.2) is 36.1 Å². The molecule has 9 heteroatoms. The number of anilines is 1. The van der Waals surface area contributed by atoms with E-state index in [0.29, 0.717) is 28.3 Å². The van der Waals surface area contributed by atoms with Crippen LogP contribution in [0.15, 0.2) is 56.6 Å². The molecule has 0 atom stereocenters. The fourth-order valence-electron chi connectivity index (χ4n) is 2.19. The van der Waals surface area contributed by atoms with Crippen LogP contribution in [0.1, 0.15) is 0 Å². The van der Waals surface area contributed by atoms with E-state index < -0.39 is 0 Å². The zero-order chi connectivity index (χ0) is 19.2. The molecule has 1 heterocycles. The van der Waals surface area contributed by atoms with E-state index in [2.05, 4.69) is 31.4 Å². The maximum atomic E-state index is 12.2. The smallest absolute Gasteiger partial charge is 0.277 e. The number of aromatic nitrogens is 2. The SMILES string of the molecule is COc1ccc(NC(=O)CSc2nnc(-c3ccc(Br)cc3)o2)c(OC)c1. The first-order chi connectivity index (χ1) is 13.1. The summed E-state index contributed by atoms with van der Waals surface area (Å²) in [6.45, 7) is 0. The molecule has 1 amide bonds. The molecule has 1 aromatic heterocycles. The number of ether oxygens (including phenoxy) is 2. The molecule has 0 saturated carbocycles. The van der Waals surface area contributed by atoms with E-state index in [1.54, 1.807) is 25.3 Å². The lowest BCUT2D eigenvalue weighted by molar-refractivity contribution is -0.113. The average Bonchev–Trinajstić information content (AvgIpc) is 3.16. The van der Waals surface area contributed by atoms with E-state index in [4.69, 9.17) is 13.9 Å². The minimum atomic E-state index is -0.216. The third-order valence-corrected chi connectivity index (χ3v) is 4.85. The molecule has 3 aromatic rings. The van der Waals surface area contributed by atoms with E-state index in [0.717, 1.165) is 21.8 Å². The summed E-state index contributed by atoms with van der Waals surface area (Å²) in [5, 5.41) is 11.1. The number of benzene rings is 2. The summed E-state index contributed by atoms with van der Waals surface area (Å²) < 4.78 is 17.0. The van der Waals surface area contributed by atoms with Crippen molar-refractivity contribution < 1.29 is 18.7 Å². The van der Waals surface area contributed by atoms with Crippen LogP contribution in [0.3, 0.4) is 0 Å². The summed E-state index contributed by atoms with van der Waals surface area (Å²) in [6, 6.07) is 12.7. The van der Waals surface area contributed by atoms with Crippen molar-refractivity contribution in [2.45, 2.75) is 5.22 Å². The van der Waals surface area contributed by atoms with Gasteiger partial charge in [0.1, 0.15) is 11.5 Å². The van der Waals surface area contributed by atoms with Crippen LogP contribution >= 0.6 is 27.7 Å². The maximum Gasteiger partial charge on any atom is 0.277 e. The molecular weight excluding hydrogens is 434 g/mol. The first kappa shape index (κ1) is 19.2. The second-order valence-corrected chi connectivity index (χ2v) is 7.13. The molecule has 27 heavy (non-hydrogen) atoms. The minimum absolute atomic E-state index is 0.122. The molecule has 3 rings (SSSR count). The van der Waals surface area contributed by atoms with Crippen molar-refractivity contribution >= 4 is 39.3 Å². The molecule has 0 unspecified atom stereocenters. The summed E-state index contributed by atoms with van der Waals surface area (Å²) in [7, 11) is 3.10. The van der Waals surface area contributed by atoms with Crippen LogP contribution in [0.5, 0.6) is 11.5 Å². The highest BCUT2D eigenvalue weighted by atomic mass is 79.9. The molecule has 2 aromatic carbocycles. The van der Waals surface area contributed by atoms with Crippen LogP contribution in [0, 0.1) is 0 Å². The number of amides is 1. The second kappa shape index (κ2) is 8.92. The number of nitrogens with zero attached hydrogens (tertiary/aromatic N) is 2. The number of carbonyl (C=O) groups is 1. The van der Waals surface area contributed by atoms with Gasteiger partial charge in [-0.25, -0.2) is 0 Å². The molecule has 0 saturated heterocycles. The molecule has 0 spiro atoms. The van der Waals surface area contributed by atoms with Crippen molar-refractivity contribution in [1.82, 2.24) is 10.2 Å². The van der Waals surface area contributed by atoms with Gasteiger partial charge in [0.25, 0.3) is 5.22 Å². The van der Waals surface area contributed by atoms with Crippen molar-refractivity contribution in [2.75, 3.05) is 25.3 Å².